The van der Waals surface area contributed by atoms with Crippen molar-refractivity contribution in [3.05, 3.63) is 71.3 Å². The maximum Gasteiger partial charge on any atom is 0.312 e. The molecule has 3 rings (SSSR count). The van der Waals surface area contributed by atoms with Crippen LogP contribution in [0.4, 0.5) is 0 Å². The van der Waals surface area contributed by atoms with Gasteiger partial charge in [-0.15, -0.1) is 0 Å². The molecule has 1 fully saturated rings. The molecule has 0 saturated carbocycles. The van der Waals surface area contributed by atoms with E-state index in [1.807, 2.05) is 61.5 Å². The highest BCUT2D eigenvalue weighted by Gasteiger charge is 2.49. The Kier molecular flexibility index (Phi) is 5.61. The number of rotatable bonds is 5. The zero-order valence-corrected chi connectivity index (χ0v) is 15.5. The van der Waals surface area contributed by atoms with Crippen LogP contribution in [0.2, 0.25) is 0 Å². The van der Waals surface area contributed by atoms with Gasteiger partial charge in [0.25, 0.3) is 0 Å². The van der Waals surface area contributed by atoms with Crippen molar-refractivity contribution in [1.82, 2.24) is 4.90 Å². The topological polar surface area (TPSA) is 77.8 Å². The molecule has 0 aliphatic carbocycles. The first-order chi connectivity index (χ1) is 12.9. The number of aliphatic hydroxyl groups is 1. The Morgan fingerprint density at radius 1 is 1.11 bits per heavy atom. The van der Waals surface area contributed by atoms with E-state index in [1.54, 1.807) is 4.90 Å². The molecule has 1 saturated heterocycles. The third-order valence-corrected chi connectivity index (χ3v) is 5.60. The Balaban J connectivity index is 1.72. The monoisotopic (exact) mass is 367 g/mol. The standard InChI is InChI=1S/C22H25NO4/c1-16-7-5-6-10-18(16)13-20(25)23-12-11-22(21(26)27,19(24)15-23)14-17-8-3-2-4-9-17/h2-10,19,24H,11-15H2,1H3,(H,26,27)/t19-,22+/m0/s1. The number of carboxylic acids is 1. The van der Waals surface area contributed by atoms with Crippen molar-refractivity contribution in [2.75, 3.05) is 13.1 Å². The second kappa shape index (κ2) is 7.92. The Bertz CT molecular complexity index is 820. The fourth-order valence-corrected chi connectivity index (χ4v) is 3.78. The lowest BCUT2D eigenvalue weighted by molar-refractivity contribution is -0.165. The number of aryl methyl sites for hydroxylation is 1. The molecule has 0 aromatic heterocycles. The normalized spacial score (nSPS) is 22.4. The number of amides is 1. The maximum atomic E-state index is 12.7. The average molecular weight is 367 g/mol. The summed E-state index contributed by atoms with van der Waals surface area (Å²) in [5.41, 5.74) is 1.61. The van der Waals surface area contributed by atoms with Gasteiger partial charge in [-0.2, -0.15) is 0 Å². The van der Waals surface area contributed by atoms with Gasteiger partial charge in [-0.25, -0.2) is 0 Å². The molecule has 2 atom stereocenters. The molecule has 0 unspecified atom stereocenters. The first-order valence-electron chi connectivity index (χ1n) is 9.20. The van der Waals surface area contributed by atoms with E-state index in [2.05, 4.69) is 0 Å². The van der Waals surface area contributed by atoms with Crippen molar-refractivity contribution in [3.8, 4) is 0 Å². The zero-order chi connectivity index (χ0) is 19.4. The molecule has 2 aromatic carbocycles. The number of hydrogen-bond acceptors (Lipinski definition) is 3. The lowest BCUT2D eigenvalue weighted by atomic mass is 9.71. The minimum absolute atomic E-state index is 0.0455. The van der Waals surface area contributed by atoms with Gasteiger partial charge in [0.05, 0.1) is 12.5 Å². The number of aliphatic hydroxyl groups excluding tert-OH is 1. The molecule has 27 heavy (non-hydrogen) atoms. The van der Waals surface area contributed by atoms with E-state index < -0.39 is 17.5 Å². The second-order valence-electron chi connectivity index (χ2n) is 7.33. The van der Waals surface area contributed by atoms with Gasteiger partial charge < -0.3 is 15.1 Å². The molecule has 1 aliphatic rings. The highest BCUT2D eigenvalue weighted by Crippen LogP contribution is 2.36. The number of nitrogens with zero attached hydrogens (tertiary/aromatic N) is 1. The molecule has 1 heterocycles. The largest absolute Gasteiger partial charge is 0.481 e. The van der Waals surface area contributed by atoms with E-state index in [-0.39, 0.29) is 31.7 Å². The van der Waals surface area contributed by atoms with Crippen LogP contribution in [-0.4, -0.2) is 46.2 Å². The van der Waals surface area contributed by atoms with Gasteiger partial charge in [-0.05, 0) is 36.5 Å². The molecule has 142 valence electrons. The van der Waals surface area contributed by atoms with Crippen molar-refractivity contribution in [2.45, 2.75) is 32.3 Å². The number of likely N-dealkylation sites (tertiary alicyclic amines) is 1. The van der Waals surface area contributed by atoms with Crippen LogP contribution >= 0.6 is 0 Å². The highest BCUT2D eigenvalue weighted by atomic mass is 16.4. The molecule has 1 aliphatic heterocycles. The van der Waals surface area contributed by atoms with Crippen LogP contribution < -0.4 is 0 Å². The smallest absolute Gasteiger partial charge is 0.312 e. The lowest BCUT2D eigenvalue weighted by Gasteiger charge is -2.43. The summed E-state index contributed by atoms with van der Waals surface area (Å²) in [6.07, 6.45) is -0.356. The predicted octanol–water partition coefficient (Wildman–Crippen LogP) is 2.44. The van der Waals surface area contributed by atoms with Crippen LogP contribution in [0.1, 0.15) is 23.1 Å². The van der Waals surface area contributed by atoms with Gasteiger partial charge in [-0.3, -0.25) is 9.59 Å². The number of carbonyl (C=O) groups excluding carboxylic acids is 1. The van der Waals surface area contributed by atoms with Crippen molar-refractivity contribution >= 4 is 11.9 Å². The number of benzene rings is 2. The van der Waals surface area contributed by atoms with Gasteiger partial charge in [-0.1, -0.05) is 54.6 Å². The third-order valence-electron chi connectivity index (χ3n) is 5.60. The van der Waals surface area contributed by atoms with Crippen molar-refractivity contribution in [1.29, 1.82) is 0 Å². The van der Waals surface area contributed by atoms with Crippen LogP contribution in [-0.2, 0) is 22.4 Å². The minimum Gasteiger partial charge on any atom is -0.481 e. The van der Waals surface area contributed by atoms with Gasteiger partial charge in [0.1, 0.15) is 5.41 Å². The summed E-state index contributed by atoms with van der Waals surface area (Å²) in [6, 6.07) is 17.0. The van der Waals surface area contributed by atoms with Crippen LogP contribution in [0, 0.1) is 12.3 Å². The van der Waals surface area contributed by atoms with E-state index in [0.29, 0.717) is 6.54 Å². The highest BCUT2D eigenvalue weighted by molar-refractivity contribution is 5.81. The molecule has 2 aromatic rings. The first-order valence-corrected chi connectivity index (χ1v) is 9.20. The number of hydrogen-bond donors (Lipinski definition) is 2. The molecule has 5 nitrogen and oxygen atoms in total. The number of β-amino-alcohol motifs (C(OH)–C–C–N with tert-alkyl or cyclic N) is 1. The summed E-state index contributed by atoms with van der Waals surface area (Å²) < 4.78 is 0. The Labute approximate surface area is 159 Å². The summed E-state index contributed by atoms with van der Waals surface area (Å²) in [5, 5.41) is 20.6. The summed E-state index contributed by atoms with van der Waals surface area (Å²) in [6.45, 7) is 2.34. The van der Waals surface area contributed by atoms with Gasteiger partial charge in [0, 0.05) is 13.1 Å². The first kappa shape index (κ1) is 19.1. The van der Waals surface area contributed by atoms with Crippen LogP contribution in [0.25, 0.3) is 0 Å². The lowest BCUT2D eigenvalue weighted by Crippen LogP contribution is -2.57. The quantitative estimate of drug-likeness (QED) is 0.851. The van der Waals surface area contributed by atoms with E-state index in [4.69, 9.17) is 0 Å². The Morgan fingerprint density at radius 3 is 2.41 bits per heavy atom. The van der Waals surface area contributed by atoms with E-state index in [1.165, 1.54) is 0 Å². The van der Waals surface area contributed by atoms with E-state index in [9.17, 15) is 19.8 Å². The molecule has 0 radical (unpaired) electrons. The number of piperidine rings is 1. The molecule has 2 N–H and O–H groups in total. The molecular weight excluding hydrogens is 342 g/mol. The molecule has 0 spiro atoms. The van der Waals surface area contributed by atoms with Crippen LogP contribution in [0.15, 0.2) is 54.6 Å². The Hall–Kier alpha value is -2.66. The Morgan fingerprint density at radius 2 is 1.78 bits per heavy atom. The van der Waals surface area contributed by atoms with E-state index in [0.717, 1.165) is 16.7 Å². The molecular formula is C22H25NO4. The second-order valence-corrected chi connectivity index (χ2v) is 7.33. The summed E-state index contributed by atoms with van der Waals surface area (Å²) >= 11 is 0. The summed E-state index contributed by atoms with van der Waals surface area (Å²) in [5.74, 6) is -1.09. The molecule has 5 heteroatoms. The fourth-order valence-electron chi connectivity index (χ4n) is 3.78. The summed E-state index contributed by atoms with van der Waals surface area (Å²) in [4.78, 5) is 26.3. The number of aliphatic carboxylic acids is 1. The van der Waals surface area contributed by atoms with Crippen LogP contribution in [0.5, 0.6) is 0 Å². The zero-order valence-electron chi connectivity index (χ0n) is 15.5. The van der Waals surface area contributed by atoms with Gasteiger partial charge in [0.15, 0.2) is 0 Å². The van der Waals surface area contributed by atoms with Gasteiger partial charge in [0.2, 0.25) is 5.91 Å². The van der Waals surface area contributed by atoms with Crippen molar-refractivity contribution in [2.24, 2.45) is 5.41 Å². The average Bonchev–Trinajstić information content (AvgIpc) is 2.66. The fraction of sp³-hybridized carbons (Fsp3) is 0.364. The van der Waals surface area contributed by atoms with Gasteiger partial charge >= 0.3 is 5.97 Å². The maximum absolute atomic E-state index is 12.7. The van der Waals surface area contributed by atoms with Crippen LogP contribution in [0.3, 0.4) is 0 Å². The number of carboxylic acid groups (broad SMARTS) is 1. The van der Waals surface area contributed by atoms with Crippen molar-refractivity contribution < 1.29 is 19.8 Å². The molecule has 1 amide bonds. The summed E-state index contributed by atoms with van der Waals surface area (Å²) in [7, 11) is 0. The predicted molar refractivity (Wildman–Crippen MR) is 102 cm³/mol. The van der Waals surface area contributed by atoms with Crippen molar-refractivity contribution in [3.63, 3.8) is 0 Å². The minimum atomic E-state index is -1.26. The third kappa shape index (κ3) is 4.03. The number of carbonyl (C=O) groups is 2. The molecule has 0 bridgehead atoms. The van der Waals surface area contributed by atoms with E-state index >= 15 is 0 Å². The SMILES string of the molecule is Cc1ccccc1CC(=O)N1CC[C@](Cc2ccccc2)(C(=O)O)[C@@H](O)C1.